The molecule has 0 spiro atoms. The Morgan fingerprint density at radius 1 is 0.968 bits per heavy atom. The first-order valence-electron chi connectivity index (χ1n) is 9.74. The lowest BCUT2D eigenvalue weighted by molar-refractivity contribution is -0.137. The fraction of sp³-hybridized carbons (Fsp3) is 0.125. The molecule has 31 heavy (non-hydrogen) atoms. The number of hydrogen-bond acceptors (Lipinski definition) is 5. The molecule has 0 atom stereocenters. The van der Waals surface area contributed by atoms with Crippen LogP contribution in [-0.4, -0.2) is 35.8 Å². The van der Waals surface area contributed by atoms with Crippen molar-refractivity contribution in [2.24, 2.45) is 0 Å². The summed E-state index contributed by atoms with van der Waals surface area (Å²) in [4.78, 5) is 33.7. The summed E-state index contributed by atoms with van der Waals surface area (Å²) in [6.45, 7) is 0.0982. The molecule has 0 radical (unpaired) electrons. The van der Waals surface area contributed by atoms with Crippen LogP contribution in [0.1, 0.15) is 11.1 Å². The van der Waals surface area contributed by atoms with Crippen molar-refractivity contribution in [2.45, 2.75) is 6.54 Å². The zero-order valence-electron chi connectivity index (χ0n) is 17.2. The molecule has 7 heteroatoms. The molecule has 1 aromatic heterocycles. The standard InChI is InChI=1S/C24H21FN4O2/c1-28(2)20-11-9-19(10-12-20)27-22-21(17-5-7-18(25)8-6-17)23(30)29(24(22)31)15-16-4-3-13-26-14-16/h3-14,27H,15H2,1-2H3. The van der Waals surface area contributed by atoms with Crippen molar-refractivity contribution in [2.75, 3.05) is 24.3 Å². The van der Waals surface area contributed by atoms with E-state index in [2.05, 4.69) is 10.3 Å². The maximum absolute atomic E-state index is 13.5. The van der Waals surface area contributed by atoms with E-state index in [0.29, 0.717) is 11.3 Å². The molecular weight excluding hydrogens is 395 g/mol. The fourth-order valence-electron chi connectivity index (χ4n) is 3.38. The van der Waals surface area contributed by atoms with Crippen molar-refractivity contribution in [3.63, 3.8) is 0 Å². The molecule has 0 saturated heterocycles. The van der Waals surface area contributed by atoms with Crippen molar-refractivity contribution in [1.82, 2.24) is 9.88 Å². The number of benzene rings is 2. The van der Waals surface area contributed by atoms with E-state index in [9.17, 15) is 14.0 Å². The van der Waals surface area contributed by atoms with Gasteiger partial charge in [0.15, 0.2) is 0 Å². The van der Waals surface area contributed by atoms with E-state index in [1.165, 1.54) is 29.2 Å². The molecular formula is C24H21FN4O2. The zero-order chi connectivity index (χ0) is 22.0. The lowest BCUT2D eigenvalue weighted by atomic mass is 10.0. The first-order chi connectivity index (χ1) is 14.9. The van der Waals surface area contributed by atoms with E-state index in [0.717, 1.165) is 11.3 Å². The van der Waals surface area contributed by atoms with Crippen LogP contribution in [0.3, 0.4) is 0 Å². The van der Waals surface area contributed by atoms with Gasteiger partial charge in [0.05, 0.1) is 12.1 Å². The summed E-state index contributed by atoms with van der Waals surface area (Å²) >= 11 is 0. The molecule has 6 nitrogen and oxygen atoms in total. The number of rotatable bonds is 6. The third kappa shape index (κ3) is 4.16. The van der Waals surface area contributed by atoms with Gasteiger partial charge in [-0.15, -0.1) is 0 Å². The van der Waals surface area contributed by atoms with Crippen molar-refractivity contribution in [3.8, 4) is 0 Å². The highest BCUT2D eigenvalue weighted by Gasteiger charge is 2.39. The summed E-state index contributed by atoms with van der Waals surface area (Å²) in [6, 6.07) is 16.6. The van der Waals surface area contributed by atoms with Gasteiger partial charge in [-0.1, -0.05) is 18.2 Å². The lowest BCUT2D eigenvalue weighted by Gasteiger charge is -2.16. The number of nitrogens with zero attached hydrogens (tertiary/aromatic N) is 3. The van der Waals surface area contributed by atoms with Crippen LogP contribution in [0.25, 0.3) is 5.57 Å². The molecule has 2 heterocycles. The van der Waals surface area contributed by atoms with E-state index in [1.807, 2.05) is 43.3 Å². The molecule has 0 saturated carbocycles. The highest BCUT2D eigenvalue weighted by molar-refractivity contribution is 6.36. The first kappa shape index (κ1) is 20.3. The van der Waals surface area contributed by atoms with E-state index < -0.39 is 17.6 Å². The number of hydrogen-bond donors (Lipinski definition) is 1. The predicted molar refractivity (Wildman–Crippen MR) is 118 cm³/mol. The summed E-state index contributed by atoms with van der Waals surface area (Å²) < 4.78 is 13.5. The largest absolute Gasteiger partial charge is 0.378 e. The van der Waals surface area contributed by atoms with Gasteiger partial charge >= 0.3 is 0 Å². The molecule has 2 aromatic carbocycles. The van der Waals surface area contributed by atoms with Crippen LogP contribution < -0.4 is 10.2 Å². The third-order valence-corrected chi connectivity index (χ3v) is 5.02. The highest BCUT2D eigenvalue weighted by atomic mass is 19.1. The van der Waals surface area contributed by atoms with Crippen LogP contribution in [0.4, 0.5) is 15.8 Å². The van der Waals surface area contributed by atoms with Gasteiger partial charge in [0.1, 0.15) is 11.5 Å². The summed E-state index contributed by atoms with van der Waals surface area (Å²) in [6.07, 6.45) is 3.24. The molecule has 4 rings (SSSR count). The maximum Gasteiger partial charge on any atom is 0.278 e. The Labute approximate surface area is 179 Å². The zero-order valence-corrected chi connectivity index (χ0v) is 17.2. The molecule has 2 amide bonds. The number of pyridine rings is 1. The molecule has 0 bridgehead atoms. The monoisotopic (exact) mass is 416 g/mol. The number of carbonyl (C=O) groups is 2. The Morgan fingerprint density at radius 2 is 1.68 bits per heavy atom. The number of anilines is 2. The number of halogens is 1. The number of aromatic nitrogens is 1. The van der Waals surface area contributed by atoms with Gasteiger partial charge in [-0.25, -0.2) is 4.39 Å². The van der Waals surface area contributed by atoms with Gasteiger partial charge in [0, 0.05) is 37.9 Å². The Hall–Kier alpha value is -4.00. The minimum Gasteiger partial charge on any atom is -0.378 e. The Bertz CT molecular complexity index is 1140. The number of amides is 2. The van der Waals surface area contributed by atoms with Gasteiger partial charge in [-0.2, -0.15) is 0 Å². The van der Waals surface area contributed by atoms with Gasteiger partial charge in [-0.3, -0.25) is 19.5 Å². The van der Waals surface area contributed by atoms with Crippen molar-refractivity contribution >= 4 is 28.8 Å². The molecule has 0 unspecified atom stereocenters. The summed E-state index contributed by atoms with van der Waals surface area (Å²) in [7, 11) is 3.88. The van der Waals surface area contributed by atoms with Gasteiger partial charge in [0.2, 0.25) is 0 Å². The van der Waals surface area contributed by atoms with Crippen molar-refractivity contribution in [1.29, 1.82) is 0 Å². The molecule has 3 aromatic rings. The normalized spacial score (nSPS) is 13.7. The summed E-state index contributed by atoms with van der Waals surface area (Å²) in [5.74, 6) is -1.29. The minimum absolute atomic E-state index is 0.0982. The maximum atomic E-state index is 13.5. The smallest absolute Gasteiger partial charge is 0.278 e. The van der Waals surface area contributed by atoms with Crippen LogP contribution in [0, 0.1) is 5.82 Å². The van der Waals surface area contributed by atoms with Crippen molar-refractivity contribution < 1.29 is 14.0 Å². The van der Waals surface area contributed by atoms with E-state index in [1.54, 1.807) is 24.5 Å². The van der Waals surface area contributed by atoms with Gasteiger partial charge in [-0.05, 0) is 53.6 Å². The second-order valence-corrected chi connectivity index (χ2v) is 7.38. The number of nitrogens with one attached hydrogen (secondary N) is 1. The van der Waals surface area contributed by atoms with Gasteiger partial charge in [0.25, 0.3) is 11.8 Å². The first-order valence-corrected chi connectivity index (χ1v) is 9.74. The van der Waals surface area contributed by atoms with E-state index in [-0.39, 0.29) is 17.8 Å². The lowest BCUT2D eigenvalue weighted by Crippen LogP contribution is -2.32. The van der Waals surface area contributed by atoms with Crippen LogP contribution in [0.15, 0.2) is 78.8 Å². The highest BCUT2D eigenvalue weighted by Crippen LogP contribution is 2.32. The van der Waals surface area contributed by atoms with E-state index >= 15 is 0 Å². The average Bonchev–Trinajstić information content (AvgIpc) is 3.00. The number of carbonyl (C=O) groups excluding carboxylic acids is 2. The quantitative estimate of drug-likeness (QED) is 0.621. The molecule has 0 fully saturated rings. The third-order valence-electron chi connectivity index (χ3n) is 5.02. The van der Waals surface area contributed by atoms with Crippen LogP contribution in [0.5, 0.6) is 0 Å². The Kier molecular flexibility index (Phi) is 5.49. The Morgan fingerprint density at radius 3 is 2.29 bits per heavy atom. The molecule has 1 aliphatic rings. The molecule has 156 valence electrons. The second-order valence-electron chi connectivity index (χ2n) is 7.38. The predicted octanol–water partition coefficient (Wildman–Crippen LogP) is 3.68. The number of imide groups is 1. The molecule has 0 aliphatic carbocycles. The fourth-order valence-corrected chi connectivity index (χ4v) is 3.38. The molecule has 1 aliphatic heterocycles. The average molecular weight is 416 g/mol. The summed E-state index contributed by atoms with van der Waals surface area (Å²) in [5.41, 5.74) is 3.26. The SMILES string of the molecule is CN(C)c1ccc(NC2=C(c3ccc(F)cc3)C(=O)N(Cc3cccnc3)C2=O)cc1. The van der Waals surface area contributed by atoms with Gasteiger partial charge < -0.3 is 10.2 Å². The van der Waals surface area contributed by atoms with Crippen LogP contribution >= 0.6 is 0 Å². The Balaban J connectivity index is 1.71. The van der Waals surface area contributed by atoms with Crippen LogP contribution in [-0.2, 0) is 16.1 Å². The topological polar surface area (TPSA) is 65.5 Å². The van der Waals surface area contributed by atoms with Crippen LogP contribution in [0.2, 0.25) is 0 Å². The van der Waals surface area contributed by atoms with Crippen molar-refractivity contribution in [3.05, 3.63) is 95.7 Å². The minimum atomic E-state index is -0.440. The van der Waals surface area contributed by atoms with E-state index in [4.69, 9.17) is 0 Å². The summed E-state index contributed by atoms with van der Waals surface area (Å²) in [5, 5.41) is 3.11. The second kappa shape index (κ2) is 8.39. The molecule has 1 N–H and O–H groups in total.